The van der Waals surface area contributed by atoms with E-state index in [9.17, 15) is 4.79 Å². The van der Waals surface area contributed by atoms with Crippen LogP contribution < -0.4 is 4.74 Å². The Hall–Kier alpha value is -1.77. The average molecular weight is 290 g/mol. The molecule has 0 spiro atoms. The van der Waals surface area contributed by atoms with Crippen LogP contribution in [0.25, 0.3) is 5.57 Å². The summed E-state index contributed by atoms with van der Waals surface area (Å²) in [4.78, 5) is 10.7. The number of allylic oxidation sites excluding steroid dienone is 1. The standard InChI is InChI=1S/C18H26O3/c1-6-11-21-16-9-8-14(18(3,4)5)12-15(16)13(2)7-10-17(19)20/h7-9,12H,6,10-11H2,1-5H3,(H,19,20)/b13-7+. The van der Waals surface area contributed by atoms with Gasteiger partial charge in [0.15, 0.2) is 0 Å². The summed E-state index contributed by atoms with van der Waals surface area (Å²) in [7, 11) is 0. The first-order valence-electron chi connectivity index (χ1n) is 7.42. The fourth-order valence-corrected chi connectivity index (χ4v) is 1.99. The first-order chi connectivity index (χ1) is 9.75. The molecule has 0 aliphatic carbocycles. The van der Waals surface area contributed by atoms with Gasteiger partial charge in [0.05, 0.1) is 13.0 Å². The predicted octanol–water partition coefficient (Wildman–Crippen LogP) is 4.65. The van der Waals surface area contributed by atoms with Gasteiger partial charge in [-0.2, -0.15) is 0 Å². The molecule has 0 radical (unpaired) electrons. The molecule has 0 heterocycles. The molecule has 0 amide bonds. The summed E-state index contributed by atoms with van der Waals surface area (Å²) in [5.41, 5.74) is 3.18. The van der Waals surface area contributed by atoms with Crippen LogP contribution in [0.3, 0.4) is 0 Å². The highest BCUT2D eigenvalue weighted by molar-refractivity contribution is 5.75. The van der Waals surface area contributed by atoms with Crippen LogP contribution in [-0.4, -0.2) is 17.7 Å². The smallest absolute Gasteiger partial charge is 0.307 e. The molecule has 0 unspecified atom stereocenters. The number of carboxylic acid groups (broad SMARTS) is 1. The summed E-state index contributed by atoms with van der Waals surface area (Å²) in [5, 5.41) is 8.83. The molecule has 0 atom stereocenters. The molecular formula is C18H26O3. The van der Waals surface area contributed by atoms with Crippen LogP contribution in [0.4, 0.5) is 0 Å². The number of carbonyl (C=O) groups is 1. The van der Waals surface area contributed by atoms with E-state index >= 15 is 0 Å². The molecule has 1 aromatic carbocycles. The third-order valence-electron chi connectivity index (χ3n) is 3.31. The molecule has 21 heavy (non-hydrogen) atoms. The number of hydrogen-bond acceptors (Lipinski definition) is 2. The van der Waals surface area contributed by atoms with Crippen molar-refractivity contribution in [2.45, 2.75) is 52.9 Å². The van der Waals surface area contributed by atoms with Crippen molar-refractivity contribution in [1.82, 2.24) is 0 Å². The van der Waals surface area contributed by atoms with Crippen molar-refractivity contribution in [3.63, 3.8) is 0 Å². The van der Waals surface area contributed by atoms with Crippen molar-refractivity contribution >= 4 is 11.5 Å². The van der Waals surface area contributed by atoms with Crippen LogP contribution >= 0.6 is 0 Å². The highest BCUT2D eigenvalue weighted by Crippen LogP contribution is 2.32. The molecule has 0 fully saturated rings. The lowest BCUT2D eigenvalue weighted by Crippen LogP contribution is -2.11. The summed E-state index contributed by atoms with van der Waals surface area (Å²) in [6.45, 7) is 11.1. The molecule has 0 aliphatic rings. The van der Waals surface area contributed by atoms with Crippen LogP contribution in [0, 0.1) is 0 Å². The second kappa shape index (κ2) is 7.30. The van der Waals surface area contributed by atoms with E-state index in [1.165, 1.54) is 5.56 Å². The van der Waals surface area contributed by atoms with E-state index in [0.717, 1.165) is 23.3 Å². The van der Waals surface area contributed by atoms with Gasteiger partial charge in [0.1, 0.15) is 5.75 Å². The molecular weight excluding hydrogens is 264 g/mol. The molecule has 1 N–H and O–H groups in total. The minimum atomic E-state index is -0.822. The first kappa shape index (κ1) is 17.3. The number of rotatable bonds is 6. The normalized spacial score (nSPS) is 12.3. The lowest BCUT2D eigenvalue weighted by Gasteiger charge is -2.22. The highest BCUT2D eigenvalue weighted by Gasteiger charge is 2.16. The third-order valence-corrected chi connectivity index (χ3v) is 3.31. The quantitative estimate of drug-likeness (QED) is 0.829. The van der Waals surface area contributed by atoms with Crippen molar-refractivity contribution in [1.29, 1.82) is 0 Å². The monoisotopic (exact) mass is 290 g/mol. The van der Waals surface area contributed by atoms with Crippen LogP contribution in [0.1, 0.15) is 58.6 Å². The number of hydrogen-bond donors (Lipinski definition) is 1. The fourth-order valence-electron chi connectivity index (χ4n) is 1.99. The van der Waals surface area contributed by atoms with Gasteiger partial charge < -0.3 is 9.84 Å². The minimum absolute atomic E-state index is 0.0266. The van der Waals surface area contributed by atoms with Gasteiger partial charge in [-0.3, -0.25) is 4.79 Å². The Morgan fingerprint density at radius 2 is 2.00 bits per heavy atom. The van der Waals surface area contributed by atoms with Crippen molar-refractivity contribution < 1.29 is 14.6 Å². The van der Waals surface area contributed by atoms with Gasteiger partial charge in [0.25, 0.3) is 0 Å². The van der Waals surface area contributed by atoms with Crippen molar-refractivity contribution in [2.24, 2.45) is 0 Å². The molecule has 3 nitrogen and oxygen atoms in total. The molecule has 1 rings (SSSR count). The summed E-state index contributed by atoms with van der Waals surface area (Å²) >= 11 is 0. The Bertz CT molecular complexity index is 522. The number of carboxylic acids is 1. The van der Waals surface area contributed by atoms with Crippen LogP contribution in [0.5, 0.6) is 5.75 Å². The molecule has 3 heteroatoms. The molecule has 0 saturated heterocycles. The number of aliphatic carboxylic acids is 1. The zero-order valence-electron chi connectivity index (χ0n) is 13.7. The Balaban J connectivity index is 3.21. The zero-order chi connectivity index (χ0) is 16.0. The van der Waals surface area contributed by atoms with E-state index in [-0.39, 0.29) is 11.8 Å². The molecule has 0 aliphatic heterocycles. The molecule has 0 bridgehead atoms. The van der Waals surface area contributed by atoms with Crippen LogP contribution in [-0.2, 0) is 10.2 Å². The average Bonchev–Trinajstić information content (AvgIpc) is 2.41. The van der Waals surface area contributed by atoms with E-state index in [0.29, 0.717) is 6.61 Å². The summed E-state index contributed by atoms with van der Waals surface area (Å²) in [5.74, 6) is 0.00124. The van der Waals surface area contributed by atoms with Crippen molar-refractivity contribution in [3.05, 3.63) is 35.4 Å². The minimum Gasteiger partial charge on any atom is -0.493 e. The van der Waals surface area contributed by atoms with E-state index in [4.69, 9.17) is 9.84 Å². The van der Waals surface area contributed by atoms with Gasteiger partial charge in [-0.15, -0.1) is 0 Å². The largest absolute Gasteiger partial charge is 0.493 e. The van der Waals surface area contributed by atoms with E-state index in [1.807, 2.05) is 13.0 Å². The maximum absolute atomic E-state index is 10.7. The van der Waals surface area contributed by atoms with Gasteiger partial charge in [0, 0.05) is 5.56 Å². The zero-order valence-corrected chi connectivity index (χ0v) is 13.7. The number of ether oxygens (including phenoxy) is 1. The fraction of sp³-hybridized carbons (Fsp3) is 0.500. The summed E-state index contributed by atoms with van der Waals surface area (Å²) in [6.07, 6.45) is 2.71. The molecule has 1 aromatic rings. The molecule has 0 aromatic heterocycles. The van der Waals surface area contributed by atoms with E-state index < -0.39 is 5.97 Å². The van der Waals surface area contributed by atoms with Gasteiger partial charge in [-0.25, -0.2) is 0 Å². The maximum Gasteiger partial charge on any atom is 0.307 e. The van der Waals surface area contributed by atoms with Gasteiger partial charge in [-0.05, 0) is 42.0 Å². The Morgan fingerprint density at radius 1 is 1.33 bits per heavy atom. The SMILES string of the molecule is CCCOc1ccc(C(C)(C)C)cc1/C(C)=C/CC(=O)O. The van der Waals surface area contributed by atoms with Gasteiger partial charge >= 0.3 is 5.97 Å². The first-order valence-corrected chi connectivity index (χ1v) is 7.42. The Labute approximate surface area is 127 Å². The Kier molecular flexibility index (Phi) is 6.01. The number of benzene rings is 1. The lowest BCUT2D eigenvalue weighted by molar-refractivity contribution is -0.135. The van der Waals surface area contributed by atoms with Gasteiger partial charge in [0.2, 0.25) is 0 Å². The van der Waals surface area contributed by atoms with Gasteiger partial charge in [-0.1, -0.05) is 39.8 Å². The molecule has 0 saturated carbocycles. The van der Waals surface area contributed by atoms with Crippen LogP contribution in [0.15, 0.2) is 24.3 Å². The van der Waals surface area contributed by atoms with Crippen LogP contribution in [0.2, 0.25) is 0 Å². The highest BCUT2D eigenvalue weighted by atomic mass is 16.5. The predicted molar refractivity (Wildman–Crippen MR) is 86.8 cm³/mol. The Morgan fingerprint density at radius 3 is 2.52 bits per heavy atom. The lowest BCUT2D eigenvalue weighted by atomic mass is 9.85. The van der Waals surface area contributed by atoms with Crippen molar-refractivity contribution in [2.75, 3.05) is 6.61 Å². The topological polar surface area (TPSA) is 46.5 Å². The van der Waals surface area contributed by atoms with Crippen molar-refractivity contribution in [3.8, 4) is 5.75 Å². The maximum atomic E-state index is 10.7. The summed E-state index contributed by atoms with van der Waals surface area (Å²) in [6, 6.07) is 6.18. The van der Waals surface area contributed by atoms with E-state index in [2.05, 4.69) is 39.8 Å². The summed E-state index contributed by atoms with van der Waals surface area (Å²) < 4.78 is 5.79. The van der Waals surface area contributed by atoms with E-state index in [1.54, 1.807) is 6.08 Å². The second-order valence-corrected chi connectivity index (χ2v) is 6.29. The second-order valence-electron chi connectivity index (χ2n) is 6.29. The third kappa shape index (κ3) is 5.25. The molecule has 116 valence electrons.